The summed E-state index contributed by atoms with van der Waals surface area (Å²) in [6, 6.07) is 31.7. The molecule has 1 aliphatic heterocycles. The lowest BCUT2D eigenvalue weighted by atomic mass is 9.91. The first-order valence-electron chi connectivity index (χ1n) is 16.1. The average Bonchev–Trinajstić information content (AvgIpc) is 3.57. The van der Waals surface area contributed by atoms with E-state index in [0.29, 0.717) is 17.8 Å². The lowest BCUT2D eigenvalue weighted by Gasteiger charge is -2.41. The molecular formula is C38H36N6O4S. The summed E-state index contributed by atoms with van der Waals surface area (Å²) in [5.41, 5.74) is 7.47. The van der Waals surface area contributed by atoms with Crippen molar-refractivity contribution < 1.29 is 19.4 Å². The van der Waals surface area contributed by atoms with E-state index in [9.17, 15) is 9.90 Å². The monoisotopic (exact) mass is 672 g/mol. The summed E-state index contributed by atoms with van der Waals surface area (Å²) in [6.07, 6.45) is 2.24. The van der Waals surface area contributed by atoms with Crippen LogP contribution in [0.3, 0.4) is 0 Å². The number of hydrogen-bond acceptors (Lipinski definition) is 9. The van der Waals surface area contributed by atoms with Gasteiger partial charge in [-0.2, -0.15) is 0 Å². The molecule has 1 fully saturated rings. The summed E-state index contributed by atoms with van der Waals surface area (Å²) in [5.74, 6) is 0.448. The van der Waals surface area contributed by atoms with E-state index >= 15 is 0 Å². The number of ether oxygens (including phenoxy) is 2. The average molecular weight is 673 g/mol. The second kappa shape index (κ2) is 14.7. The molecule has 49 heavy (non-hydrogen) atoms. The number of aryl methyl sites for hydroxylation is 1. The predicted molar refractivity (Wildman–Crippen MR) is 187 cm³/mol. The van der Waals surface area contributed by atoms with Crippen LogP contribution >= 0.6 is 11.8 Å². The smallest absolute Gasteiger partial charge is 0.271 e. The SMILES string of the molecule is C[C@@H]1[C@H](CSc2nncn2C)O[C@H](c2cccc(-c3cccc(CNC(=O)c4cnc5ccccc5n4)c3)c2)O[C@@H]1c1ccc(CO)cc1. The van der Waals surface area contributed by atoms with E-state index in [0.717, 1.165) is 44.1 Å². The third-order valence-corrected chi connectivity index (χ3v) is 9.85. The topological polar surface area (TPSA) is 124 Å². The van der Waals surface area contributed by atoms with Crippen molar-refractivity contribution in [1.29, 1.82) is 0 Å². The van der Waals surface area contributed by atoms with Crippen LogP contribution in [0.2, 0.25) is 0 Å². The van der Waals surface area contributed by atoms with Crippen molar-refractivity contribution in [2.75, 3.05) is 5.75 Å². The van der Waals surface area contributed by atoms with E-state index in [1.165, 1.54) is 6.20 Å². The van der Waals surface area contributed by atoms with Gasteiger partial charge in [-0.05, 0) is 52.1 Å². The molecular weight excluding hydrogens is 637 g/mol. The standard InChI is InChI=1S/C38H36N6O4S/c1-24-34(22-49-38-43-41-23-44(38)2)47-37(48-35(24)27-15-13-25(21-45)14-16-27)30-10-6-9-29(18-30)28-8-5-7-26(17-28)19-40-36(46)33-20-39-31-11-3-4-12-32(31)42-33/h3-18,20,23-24,34-35,37,45H,19,21-22H2,1-2H3,(H,40,46)/t24-,34+,35+,37+/m1/s1. The second-order valence-electron chi connectivity index (χ2n) is 12.1. The molecule has 0 radical (unpaired) electrons. The summed E-state index contributed by atoms with van der Waals surface area (Å²) in [6.45, 7) is 2.48. The molecule has 0 saturated carbocycles. The third kappa shape index (κ3) is 7.40. The van der Waals surface area contributed by atoms with Crippen molar-refractivity contribution in [3.8, 4) is 11.1 Å². The number of amides is 1. The number of carbonyl (C=O) groups is 1. The maximum atomic E-state index is 12.9. The highest BCUT2D eigenvalue weighted by atomic mass is 32.2. The molecule has 0 spiro atoms. The Kier molecular flexibility index (Phi) is 9.76. The quantitative estimate of drug-likeness (QED) is 0.158. The van der Waals surface area contributed by atoms with E-state index in [1.807, 2.05) is 84.4 Å². The Hall–Kier alpha value is -4.94. The fourth-order valence-electron chi connectivity index (χ4n) is 5.93. The van der Waals surface area contributed by atoms with Crippen molar-refractivity contribution in [2.24, 2.45) is 13.0 Å². The molecule has 0 bridgehead atoms. The Morgan fingerprint density at radius 2 is 1.67 bits per heavy atom. The first-order valence-corrected chi connectivity index (χ1v) is 17.1. The van der Waals surface area contributed by atoms with Gasteiger partial charge in [-0.3, -0.25) is 9.78 Å². The highest BCUT2D eigenvalue weighted by molar-refractivity contribution is 7.99. The second-order valence-corrected chi connectivity index (χ2v) is 13.1. The Balaban J connectivity index is 1.09. The molecule has 1 aliphatic rings. The summed E-state index contributed by atoms with van der Waals surface area (Å²) in [4.78, 5) is 21.7. The van der Waals surface area contributed by atoms with Crippen LogP contribution in [0.5, 0.6) is 0 Å². The van der Waals surface area contributed by atoms with Crippen LogP contribution < -0.4 is 5.32 Å². The summed E-state index contributed by atoms with van der Waals surface area (Å²) < 4.78 is 15.3. The van der Waals surface area contributed by atoms with Crippen LogP contribution in [0.15, 0.2) is 115 Å². The van der Waals surface area contributed by atoms with E-state index in [4.69, 9.17) is 9.47 Å². The fourth-order valence-corrected chi connectivity index (χ4v) is 6.99. The molecule has 2 aromatic heterocycles. The van der Waals surface area contributed by atoms with E-state index in [1.54, 1.807) is 18.1 Å². The van der Waals surface area contributed by atoms with Crippen LogP contribution in [-0.2, 0) is 29.7 Å². The molecule has 1 saturated heterocycles. The minimum atomic E-state index is -0.603. The molecule has 10 nitrogen and oxygen atoms in total. The molecule has 11 heteroatoms. The van der Waals surface area contributed by atoms with Gasteiger partial charge in [0.15, 0.2) is 11.4 Å². The molecule has 4 aromatic carbocycles. The minimum absolute atomic E-state index is 0.0104. The van der Waals surface area contributed by atoms with Crippen LogP contribution in [0.4, 0.5) is 0 Å². The van der Waals surface area contributed by atoms with Crippen molar-refractivity contribution in [2.45, 2.75) is 43.7 Å². The lowest BCUT2D eigenvalue weighted by molar-refractivity contribution is -0.268. The number of aromatic nitrogens is 5. The van der Waals surface area contributed by atoms with E-state index in [-0.39, 0.29) is 36.3 Å². The zero-order valence-corrected chi connectivity index (χ0v) is 28.0. The molecule has 0 aliphatic carbocycles. The van der Waals surface area contributed by atoms with Gasteiger partial charge in [-0.25, -0.2) is 4.98 Å². The Morgan fingerprint density at radius 1 is 0.898 bits per heavy atom. The van der Waals surface area contributed by atoms with E-state index in [2.05, 4.69) is 56.7 Å². The van der Waals surface area contributed by atoms with Gasteiger partial charge in [0, 0.05) is 30.8 Å². The number of para-hydroxylation sites is 2. The fraction of sp³-hybridized carbons (Fsp3) is 0.237. The summed E-state index contributed by atoms with van der Waals surface area (Å²) in [5, 5.41) is 21.6. The number of nitrogens with zero attached hydrogens (tertiary/aromatic N) is 5. The normalized spacial score (nSPS) is 19.2. The number of nitrogens with one attached hydrogen (secondary N) is 1. The van der Waals surface area contributed by atoms with Crippen LogP contribution in [0.1, 0.15) is 52.1 Å². The number of benzene rings is 4. The zero-order chi connectivity index (χ0) is 33.7. The Bertz CT molecular complexity index is 2070. The predicted octanol–water partition coefficient (Wildman–Crippen LogP) is 6.43. The molecule has 6 aromatic rings. The molecule has 1 amide bonds. The van der Waals surface area contributed by atoms with Gasteiger partial charge in [-0.15, -0.1) is 10.2 Å². The maximum Gasteiger partial charge on any atom is 0.271 e. The van der Waals surface area contributed by atoms with Crippen LogP contribution in [0, 0.1) is 5.92 Å². The van der Waals surface area contributed by atoms with E-state index < -0.39 is 6.29 Å². The Labute approximate surface area is 288 Å². The molecule has 248 valence electrons. The van der Waals surface area contributed by atoms with Gasteiger partial charge in [0.2, 0.25) is 0 Å². The van der Waals surface area contributed by atoms with Crippen LogP contribution in [-0.4, -0.2) is 47.6 Å². The van der Waals surface area contributed by atoms with Gasteiger partial charge in [0.05, 0.1) is 36.0 Å². The molecule has 0 unspecified atom stereocenters. The highest BCUT2D eigenvalue weighted by Gasteiger charge is 2.38. The molecule has 2 N–H and O–H groups in total. The lowest BCUT2D eigenvalue weighted by Crippen LogP contribution is -2.38. The van der Waals surface area contributed by atoms with Gasteiger partial charge < -0.3 is 24.5 Å². The van der Waals surface area contributed by atoms with Crippen molar-refractivity contribution in [3.63, 3.8) is 0 Å². The first kappa shape index (κ1) is 32.6. The number of fused-ring (bicyclic) bond motifs is 1. The minimum Gasteiger partial charge on any atom is -0.392 e. The van der Waals surface area contributed by atoms with Gasteiger partial charge >= 0.3 is 0 Å². The van der Waals surface area contributed by atoms with Crippen LogP contribution in [0.25, 0.3) is 22.2 Å². The number of hydrogen-bond donors (Lipinski definition) is 2. The highest BCUT2D eigenvalue weighted by Crippen LogP contribution is 2.43. The molecule has 3 heterocycles. The summed E-state index contributed by atoms with van der Waals surface area (Å²) >= 11 is 1.61. The molecule has 4 atom stereocenters. The van der Waals surface area contributed by atoms with Crippen molar-refractivity contribution in [3.05, 3.63) is 138 Å². The number of carbonyl (C=O) groups excluding carboxylic acids is 1. The zero-order valence-electron chi connectivity index (χ0n) is 27.1. The number of aliphatic hydroxyl groups is 1. The number of aliphatic hydroxyl groups excluding tert-OH is 1. The molecule has 7 rings (SSSR count). The van der Waals surface area contributed by atoms with Gasteiger partial charge in [0.1, 0.15) is 12.0 Å². The largest absolute Gasteiger partial charge is 0.392 e. The number of rotatable bonds is 10. The van der Waals surface area contributed by atoms with Crippen molar-refractivity contribution in [1.82, 2.24) is 30.0 Å². The maximum absolute atomic E-state index is 12.9. The van der Waals surface area contributed by atoms with Gasteiger partial charge in [-0.1, -0.05) is 91.5 Å². The Morgan fingerprint density at radius 3 is 2.45 bits per heavy atom. The first-order chi connectivity index (χ1) is 23.9. The third-order valence-electron chi connectivity index (χ3n) is 8.72. The van der Waals surface area contributed by atoms with Gasteiger partial charge in [0.25, 0.3) is 5.91 Å². The van der Waals surface area contributed by atoms with Crippen molar-refractivity contribution >= 4 is 28.7 Å². The number of thioether (sulfide) groups is 1. The summed E-state index contributed by atoms with van der Waals surface area (Å²) in [7, 11) is 1.93.